The minimum Gasteiger partial charge on any atom is -0.490 e. The van der Waals surface area contributed by atoms with E-state index in [2.05, 4.69) is 52.1 Å². The summed E-state index contributed by atoms with van der Waals surface area (Å²) in [5.41, 5.74) is 1.05. The van der Waals surface area contributed by atoms with Crippen molar-refractivity contribution in [1.29, 1.82) is 0 Å². The molecule has 0 bridgehead atoms. The minimum absolute atomic E-state index is 0.0469. The molecule has 1 aromatic carbocycles. The highest BCUT2D eigenvalue weighted by atomic mass is 28.4. The maximum atomic E-state index is 7.08. The third-order valence-electron chi connectivity index (χ3n) is 8.83. The predicted molar refractivity (Wildman–Crippen MR) is 146 cm³/mol. The van der Waals surface area contributed by atoms with Crippen molar-refractivity contribution < 1.29 is 28.1 Å². The number of benzene rings is 1. The Morgan fingerprint density at radius 2 is 1.62 bits per heavy atom. The van der Waals surface area contributed by atoms with Crippen molar-refractivity contribution in [3.63, 3.8) is 0 Å². The third-order valence-corrected chi connectivity index (χ3v) is 13.3. The largest absolute Gasteiger partial charge is 0.490 e. The van der Waals surface area contributed by atoms with E-state index in [0.29, 0.717) is 6.61 Å². The van der Waals surface area contributed by atoms with Gasteiger partial charge in [0, 0.05) is 12.2 Å². The second kappa shape index (κ2) is 11.5. The fraction of sp³-hybridized carbons (Fsp3) is 0.733. The lowest BCUT2D eigenvalue weighted by atomic mass is 9.97. The van der Waals surface area contributed by atoms with Crippen LogP contribution in [0.4, 0.5) is 0 Å². The molecule has 0 aliphatic carbocycles. The topological polar surface area (TPSA) is 55.4 Å². The van der Waals surface area contributed by atoms with Gasteiger partial charge < -0.3 is 28.1 Å². The standard InChI is InChI=1S/C30H46O6Si/c1-30(2,3)37(4,5)36-26-18-17-24-27(20-32-29(35-24)21-12-7-6-8-13-21)34-28(26)25-15-10-9-14-22-23(33-25)16-11-19-31-22/h6-8,12-13,15,22-24,26-29H,9-11,14,16-20H2,1-5H3/b25-15-/t22-,23+,24+,26-,27-,28+,29-/m1/s1. The van der Waals surface area contributed by atoms with Crippen molar-refractivity contribution in [2.24, 2.45) is 0 Å². The zero-order chi connectivity index (χ0) is 26.0. The summed E-state index contributed by atoms with van der Waals surface area (Å²) >= 11 is 0. The molecule has 0 amide bonds. The molecule has 0 unspecified atom stereocenters. The molecular formula is C30H46O6Si. The molecule has 4 aliphatic rings. The lowest BCUT2D eigenvalue weighted by molar-refractivity contribution is -0.270. The van der Waals surface area contributed by atoms with E-state index in [9.17, 15) is 0 Å². The Morgan fingerprint density at radius 3 is 2.41 bits per heavy atom. The Kier molecular flexibility index (Phi) is 8.49. The molecule has 1 aromatic rings. The van der Waals surface area contributed by atoms with Crippen LogP contribution in [0.2, 0.25) is 18.1 Å². The molecule has 37 heavy (non-hydrogen) atoms. The molecule has 206 valence electrons. The van der Waals surface area contributed by atoms with E-state index in [-0.39, 0.29) is 48.0 Å². The van der Waals surface area contributed by atoms with Gasteiger partial charge in [-0.25, -0.2) is 0 Å². The van der Waals surface area contributed by atoms with Gasteiger partial charge in [-0.1, -0.05) is 51.1 Å². The van der Waals surface area contributed by atoms with Crippen molar-refractivity contribution in [1.82, 2.24) is 0 Å². The molecule has 0 radical (unpaired) electrons. The van der Waals surface area contributed by atoms with Crippen LogP contribution < -0.4 is 0 Å². The van der Waals surface area contributed by atoms with Gasteiger partial charge in [-0.2, -0.15) is 0 Å². The maximum absolute atomic E-state index is 7.08. The second-order valence-electron chi connectivity index (χ2n) is 12.6. The average Bonchev–Trinajstić information content (AvgIpc) is 3.03. The van der Waals surface area contributed by atoms with E-state index >= 15 is 0 Å². The zero-order valence-electron chi connectivity index (χ0n) is 23.3. The molecule has 7 heteroatoms. The summed E-state index contributed by atoms with van der Waals surface area (Å²) in [5, 5.41) is 0.104. The van der Waals surface area contributed by atoms with Crippen molar-refractivity contribution in [3.05, 3.63) is 47.7 Å². The highest BCUT2D eigenvalue weighted by molar-refractivity contribution is 6.74. The van der Waals surface area contributed by atoms with Crippen LogP contribution in [0.1, 0.15) is 77.6 Å². The van der Waals surface area contributed by atoms with E-state index in [4.69, 9.17) is 28.1 Å². The summed E-state index contributed by atoms with van der Waals surface area (Å²) in [6.07, 6.45) is 8.51. The Morgan fingerprint density at radius 1 is 0.838 bits per heavy atom. The summed E-state index contributed by atoms with van der Waals surface area (Å²) in [6.45, 7) is 12.9. The van der Waals surface area contributed by atoms with Crippen LogP contribution in [0.5, 0.6) is 0 Å². The molecule has 0 saturated carbocycles. The highest BCUT2D eigenvalue weighted by Crippen LogP contribution is 2.42. The van der Waals surface area contributed by atoms with Crippen LogP contribution in [-0.2, 0) is 28.1 Å². The Hall–Kier alpha value is -1.22. The number of fused-ring (bicyclic) bond motifs is 2. The molecule has 3 fully saturated rings. The zero-order valence-corrected chi connectivity index (χ0v) is 24.3. The summed E-state index contributed by atoms with van der Waals surface area (Å²) in [7, 11) is -2.05. The van der Waals surface area contributed by atoms with Crippen molar-refractivity contribution in [2.75, 3.05) is 13.2 Å². The normalized spacial score (nSPS) is 37.0. The molecule has 7 atom stereocenters. The van der Waals surface area contributed by atoms with Crippen LogP contribution in [0.25, 0.3) is 0 Å². The monoisotopic (exact) mass is 530 g/mol. The van der Waals surface area contributed by atoms with E-state index in [1.54, 1.807) is 0 Å². The van der Waals surface area contributed by atoms with E-state index < -0.39 is 8.32 Å². The maximum Gasteiger partial charge on any atom is 0.192 e. The molecule has 4 aliphatic heterocycles. The molecular weight excluding hydrogens is 484 g/mol. The van der Waals surface area contributed by atoms with Crippen molar-refractivity contribution in [2.45, 2.75) is 127 Å². The first kappa shape index (κ1) is 27.3. The molecule has 4 heterocycles. The van der Waals surface area contributed by atoms with Gasteiger partial charge in [0.05, 0.1) is 24.9 Å². The average molecular weight is 531 g/mol. The lowest BCUT2D eigenvalue weighted by Gasteiger charge is -2.42. The predicted octanol–water partition coefficient (Wildman–Crippen LogP) is 6.67. The summed E-state index contributed by atoms with van der Waals surface area (Å²) in [6, 6.07) is 10.2. The molecule has 0 N–H and O–H groups in total. The summed E-state index contributed by atoms with van der Waals surface area (Å²) < 4.78 is 39.5. The van der Waals surface area contributed by atoms with Gasteiger partial charge in [0.2, 0.25) is 0 Å². The number of hydrogen-bond acceptors (Lipinski definition) is 6. The number of rotatable bonds is 4. The van der Waals surface area contributed by atoms with Crippen LogP contribution in [0.15, 0.2) is 42.2 Å². The first-order valence-corrected chi connectivity index (χ1v) is 17.3. The molecule has 6 nitrogen and oxygen atoms in total. The van der Waals surface area contributed by atoms with Gasteiger partial charge in [0.1, 0.15) is 24.1 Å². The van der Waals surface area contributed by atoms with Gasteiger partial charge in [-0.15, -0.1) is 0 Å². The van der Waals surface area contributed by atoms with Gasteiger partial charge in [-0.3, -0.25) is 0 Å². The van der Waals surface area contributed by atoms with Gasteiger partial charge >= 0.3 is 0 Å². The van der Waals surface area contributed by atoms with E-state index in [0.717, 1.165) is 62.9 Å². The van der Waals surface area contributed by atoms with Gasteiger partial charge in [0.15, 0.2) is 14.6 Å². The highest BCUT2D eigenvalue weighted by Gasteiger charge is 2.47. The Bertz CT molecular complexity index is 912. The second-order valence-corrected chi connectivity index (χ2v) is 17.3. The number of allylic oxidation sites excluding steroid dienone is 1. The third kappa shape index (κ3) is 6.34. The van der Waals surface area contributed by atoms with Gasteiger partial charge in [-0.05, 0) is 69.2 Å². The Balaban J connectivity index is 1.40. The summed E-state index contributed by atoms with van der Waals surface area (Å²) in [5.74, 6) is 0.926. The summed E-state index contributed by atoms with van der Waals surface area (Å²) in [4.78, 5) is 0. The fourth-order valence-electron chi connectivity index (χ4n) is 5.61. The van der Waals surface area contributed by atoms with Gasteiger partial charge in [0.25, 0.3) is 0 Å². The Labute approximate surface area is 224 Å². The first-order chi connectivity index (χ1) is 17.7. The SMILES string of the molecule is CC(C)(C)[Si](C)(C)O[C@@H]1CC[C@@H]2O[C@H](c3ccccc3)OC[C@H]2O[C@H]1/C1=C/CCC[C@H]2OCCC[C@@H]2O1. The molecule has 0 aromatic heterocycles. The van der Waals surface area contributed by atoms with E-state index in [1.807, 2.05) is 18.2 Å². The van der Waals surface area contributed by atoms with Crippen LogP contribution in [0.3, 0.4) is 0 Å². The fourth-order valence-corrected chi connectivity index (χ4v) is 6.96. The smallest absolute Gasteiger partial charge is 0.192 e. The van der Waals surface area contributed by atoms with Crippen LogP contribution in [0, 0.1) is 0 Å². The lowest BCUT2D eigenvalue weighted by Crippen LogP contribution is -2.49. The quantitative estimate of drug-likeness (QED) is 0.405. The van der Waals surface area contributed by atoms with E-state index in [1.165, 1.54) is 0 Å². The molecule has 5 rings (SSSR count). The van der Waals surface area contributed by atoms with Crippen LogP contribution >= 0.6 is 0 Å². The number of ether oxygens (including phenoxy) is 5. The number of hydrogen-bond donors (Lipinski definition) is 0. The first-order valence-electron chi connectivity index (χ1n) is 14.3. The van der Waals surface area contributed by atoms with Crippen LogP contribution in [-0.4, -0.2) is 58.2 Å². The van der Waals surface area contributed by atoms with Crippen molar-refractivity contribution >= 4 is 8.32 Å². The minimum atomic E-state index is -2.05. The molecule has 3 saturated heterocycles. The van der Waals surface area contributed by atoms with Crippen molar-refractivity contribution in [3.8, 4) is 0 Å². The molecule has 0 spiro atoms.